The molecule has 0 aliphatic heterocycles. The van der Waals surface area contributed by atoms with Gasteiger partial charge in [-0.25, -0.2) is 0 Å². The van der Waals surface area contributed by atoms with Crippen molar-refractivity contribution in [3.63, 3.8) is 0 Å². The predicted octanol–water partition coefficient (Wildman–Crippen LogP) is 5.94. The van der Waals surface area contributed by atoms with Crippen molar-refractivity contribution in [1.82, 2.24) is 0 Å². The quantitative estimate of drug-likeness (QED) is 0.402. The number of allylic oxidation sites excluding steroid dienone is 4. The van der Waals surface area contributed by atoms with Crippen LogP contribution < -0.4 is 0 Å². The minimum absolute atomic E-state index is 0.242. The van der Waals surface area contributed by atoms with Gasteiger partial charge in [0, 0.05) is 5.25 Å². The number of hydrogen-bond donors (Lipinski definition) is 3. The molecule has 0 radical (unpaired) electrons. The maximum Gasteiger partial charge on any atom is 0.0650 e. The van der Waals surface area contributed by atoms with Gasteiger partial charge in [-0.2, -0.15) is 11.8 Å². The van der Waals surface area contributed by atoms with Crippen LogP contribution in [0, 0.1) is 11.3 Å². The maximum atomic E-state index is 10.6. The van der Waals surface area contributed by atoms with Crippen molar-refractivity contribution in [2.45, 2.75) is 115 Å². The van der Waals surface area contributed by atoms with Crippen molar-refractivity contribution in [3.05, 3.63) is 34.9 Å². The fourth-order valence-corrected chi connectivity index (χ4v) is 7.53. The minimum atomic E-state index is -0.502. The van der Waals surface area contributed by atoms with Crippen LogP contribution in [0.1, 0.15) is 91.9 Å². The van der Waals surface area contributed by atoms with E-state index in [1.165, 1.54) is 18.4 Å². The van der Waals surface area contributed by atoms with Crippen molar-refractivity contribution in [2.75, 3.05) is 5.75 Å². The van der Waals surface area contributed by atoms with E-state index in [1.54, 1.807) is 11.1 Å². The van der Waals surface area contributed by atoms with Crippen LogP contribution >= 0.6 is 11.8 Å². The maximum absolute atomic E-state index is 10.6. The lowest BCUT2D eigenvalue weighted by Gasteiger charge is -2.42. The molecule has 0 spiro atoms. The molecule has 0 aromatic rings. The van der Waals surface area contributed by atoms with Crippen molar-refractivity contribution in [1.29, 1.82) is 0 Å². The van der Waals surface area contributed by atoms with Crippen LogP contribution in [0.4, 0.5) is 0 Å². The van der Waals surface area contributed by atoms with E-state index in [4.69, 9.17) is 0 Å². The molecule has 2 fully saturated rings. The molecular weight excluding hydrogens is 404 g/mol. The zero-order valence-corrected chi connectivity index (χ0v) is 20.9. The molecule has 2 saturated carbocycles. The molecule has 4 heteroatoms. The Labute approximate surface area is 194 Å². The van der Waals surface area contributed by atoms with Crippen LogP contribution in [0.2, 0.25) is 0 Å². The first-order chi connectivity index (χ1) is 14.7. The van der Waals surface area contributed by atoms with Gasteiger partial charge in [0.1, 0.15) is 0 Å². The van der Waals surface area contributed by atoms with Gasteiger partial charge in [0.2, 0.25) is 0 Å². The normalized spacial score (nSPS) is 33.9. The molecule has 0 aromatic heterocycles. The molecule has 0 unspecified atom stereocenters. The first kappa shape index (κ1) is 25.1. The smallest absolute Gasteiger partial charge is 0.0650 e. The fraction of sp³-hybridized carbons (Fsp3) is 0.778. The Balaban J connectivity index is 1.65. The van der Waals surface area contributed by atoms with Crippen LogP contribution in [0.5, 0.6) is 0 Å². The van der Waals surface area contributed by atoms with Gasteiger partial charge in [0.25, 0.3) is 0 Å². The first-order valence-corrected chi connectivity index (χ1v) is 13.5. The second kappa shape index (κ2) is 10.6. The Morgan fingerprint density at radius 2 is 1.87 bits per heavy atom. The Bertz CT molecular complexity index is 693. The molecule has 0 saturated heterocycles. The lowest BCUT2D eigenvalue weighted by Crippen LogP contribution is -2.33. The highest BCUT2D eigenvalue weighted by atomic mass is 32.2. The molecule has 3 aliphatic rings. The lowest BCUT2D eigenvalue weighted by molar-refractivity contribution is 0.0296. The summed E-state index contributed by atoms with van der Waals surface area (Å²) in [5.74, 6) is 1.59. The Hall–Kier alpha value is -0.550. The van der Waals surface area contributed by atoms with E-state index in [0.717, 1.165) is 37.9 Å². The molecule has 3 nitrogen and oxygen atoms in total. The van der Waals surface area contributed by atoms with E-state index in [2.05, 4.69) is 45.9 Å². The number of rotatable bonds is 8. The van der Waals surface area contributed by atoms with Crippen LogP contribution in [0.25, 0.3) is 0 Å². The van der Waals surface area contributed by atoms with E-state index < -0.39 is 17.8 Å². The number of fused-ring (bicyclic) bond motifs is 1. The highest BCUT2D eigenvalue weighted by Crippen LogP contribution is 2.56. The SMILES string of the molecule is CCC(O)(CC)CCS[C@@H](C)C1=CC[C@H]2/C(=C/C=C3C[C@@H](O)C[C@H](O)C3)CCC[C@]12C. The van der Waals surface area contributed by atoms with Crippen molar-refractivity contribution < 1.29 is 15.3 Å². The van der Waals surface area contributed by atoms with Crippen LogP contribution in [0.3, 0.4) is 0 Å². The largest absolute Gasteiger partial charge is 0.393 e. The zero-order chi connectivity index (χ0) is 22.6. The van der Waals surface area contributed by atoms with Crippen LogP contribution in [-0.4, -0.2) is 44.1 Å². The third kappa shape index (κ3) is 5.88. The first-order valence-electron chi connectivity index (χ1n) is 12.5. The molecule has 5 atom stereocenters. The second-order valence-electron chi connectivity index (χ2n) is 10.4. The molecule has 3 aliphatic carbocycles. The van der Waals surface area contributed by atoms with Crippen molar-refractivity contribution in [3.8, 4) is 0 Å². The monoisotopic (exact) mass is 448 g/mol. The van der Waals surface area contributed by atoms with Crippen LogP contribution in [-0.2, 0) is 0 Å². The number of aliphatic hydroxyl groups is 3. The topological polar surface area (TPSA) is 60.7 Å². The van der Waals surface area contributed by atoms with Crippen LogP contribution in [0.15, 0.2) is 34.9 Å². The van der Waals surface area contributed by atoms with Gasteiger partial charge in [-0.1, -0.05) is 55.7 Å². The van der Waals surface area contributed by atoms with Gasteiger partial charge in [0.05, 0.1) is 17.8 Å². The summed E-state index contributed by atoms with van der Waals surface area (Å²) in [6.45, 7) is 8.99. The molecule has 3 N–H and O–H groups in total. The summed E-state index contributed by atoms with van der Waals surface area (Å²) < 4.78 is 0. The summed E-state index contributed by atoms with van der Waals surface area (Å²) in [6.07, 6.45) is 15.4. The summed E-state index contributed by atoms with van der Waals surface area (Å²) in [5, 5.41) is 31.1. The standard InChI is InChI=1S/C27H44O3S/c1-5-27(30,6-2)14-15-31-19(3)24-11-12-25-21(8-7-13-26(24,25)4)10-9-20-16-22(28)18-23(29)17-20/h9-11,19,22-23,25,28-30H,5-8,12-18H2,1-4H3/b21-10+/t19-,22+,23+,25-,26+/m0/s1. The van der Waals surface area contributed by atoms with E-state index in [0.29, 0.717) is 30.4 Å². The predicted molar refractivity (Wildman–Crippen MR) is 132 cm³/mol. The Morgan fingerprint density at radius 1 is 1.19 bits per heavy atom. The zero-order valence-electron chi connectivity index (χ0n) is 20.1. The summed E-state index contributed by atoms with van der Waals surface area (Å²) in [4.78, 5) is 0. The minimum Gasteiger partial charge on any atom is -0.393 e. The molecule has 0 bridgehead atoms. The van der Waals surface area contributed by atoms with Crippen molar-refractivity contribution >= 4 is 11.8 Å². The molecular formula is C27H44O3S. The van der Waals surface area contributed by atoms with E-state index >= 15 is 0 Å². The number of aliphatic hydroxyl groups excluding tert-OH is 2. The average Bonchev–Trinajstić information content (AvgIpc) is 3.09. The molecule has 0 heterocycles. The van der Waals surface area contributed by atoms with E-state index in [-0.39, 0.29) is 5.41 Å². The lowest BCUT2D eigenvalue weighted by atomic mass is 9.64. The Kier molecular flexibility index (Phi) is 8.57. The highest BCUT2D eigenvalue weighted by molar-refractivity contribution is 8.00. The number of hydrogen-bond acceptors (Lipinski definition) is 4. The highest BCUT2D eigenvalue weighted by Gasteiger charge is 2.46. The molecule has 176 valence electrons. The Morgan fingerprint density at radius 3 is 2.52 bits per heavy atom. The van der Waals surface area contributed by atoms with E-state index in [9.17, 15) is 15.3 Å². The average molecular weight is 449 g/mol. The molecule has 0 amide bonds. The molecule has 0 aromatic carbocycles. The van der Waals surface area contributed by atoms with E-state index in [1.807, 2.05) is 11.8 Å². The molecule has 31 heavy (non-hydrogen) atoms. The van der Waals surface area contributed by atoms with Crippen molar-refractivity contribution in [2.24, 2.45) is 11.3 Å². The fourth-order valence-electron chi connectivity index (χ4n) is 6.13. The number of thioether (sulfide) groups is 1. The van der Waals surface area contributed by atoms with Gasteiger partial charge >= 0.3 is 0 Å². The van der Waals surface area contributed by atoms with Gasteiger partial charge in [0.15, 0.2) is 0 Å². The summed E-state index contributed by atoms with van der Waals surface area (Å²) in [7, 11) is 0. The molecule has 3 rings (SSSR count). The van der Waals surface area contributed by atoms with Gasteiger partial charge < -0.3 is 15.3 Å². The summed E-state index contributed by atoms with van der Waals surface area (Å²) in [5.41, 5.74) is 4.08. The van der Waals surface area contributed by atoms with Gasteiger partial charge in [-0.15, -0.1) is 0 Å². The third-order valence-electron chi connectivity index (χ3n) is 8.37. The summed E-state index contributed by atoms with van der Waals surface area (Å²) >= 11 is 2.01. The third-order valence-corrected chi connectivity index (χ3v) is 9.57. The summed E-state index contributed by atoms with van der Waals surface area (Å²) in [6, 6.07) is 0. The van der Waals surface area contributed by atoms with Gasteiger partial charge in [-0.05, 0) is 88.2 Å². The van der Waals surface area contributed by atoms with Gasteiger partial charge in [-0.3, -0.25) is 0 Å². The second-order valence-corrected chi connectivity index (χ2v) is 11.9.